The molecule has 0 radical (unpaired) electrons. The van der Waals surface area contributed by atoms with E-state index >= 15 is 0 Å². The lowest BCUT2D eigenvalue weighted by Gasteiger charge is -2.22. The zero-order valence-electron chi connectivity index (χ0n) is 10.9. The summed E-state index contributed by atoms with van der Waals surface area (Å²) in [6, 6.07) is 1.21. The van der Waals surface area contributed by atoms with E-state index in [0.29, 0.717) is 18.6 Å². The smallest absolute Gasteiger partial charge is 0.308 e. The molecule has 2 rings (SSSR count). The predicted octanol–water partition coefficient (Wildman–Crippen LogP) is 1.75. The maximum absolute atomic E-state index is 12.0. The minimum Gasteiger partial charge on any atom is -0.481 e. The van der Waals surface area contributed by atoms with E-state index in [0.717, 1.165) is 19.3 Å². The van der Waals surface area contributed by atoms with E-state index in [1.165, 1.54) is 0 Å². The number of aryl methyl sites for hydroxylation is 1. The van der Waals surface area contributed by atoms with Gasteiger partial charge < -0.3 is 14.9 Å². The summed E-state index contributed by atoms with van der Waals surface area (Å²) in [5, 5.41) is 15.7. The zero-order valence-corrected chi connectivity index (χ0v) is 10.9. The van der Waals surface area contributed by atoms with Crippen LogP contribution in [0.1, 0.15) is 48.4 Å². The number of aliphatic carboxylic acids is 1. The molecule has 0 spiro atoms. The molecule has 1 heterocycles. The highest BCUT2D eigenvalue weighted by molar-refractivity contribution is 5.92. The molecule has 0 aromatic carbocycles. The lowest BCUT2D eigenvalue weighted by Crippen LogP contribution is -2.42. The van der Waals surface area contributed by atoms with Gasteiger partial charge in [-0.2, -0.15) is 0 Å². The maximum Gasteiger partial charge on any atom is 0.308 e. The van der Waals surface area contributed by atoms with Crippen LogP contribution in [-0.4, -0.2) is 28.2 Å². The van der Waals surface area contributed by atoms with E-state index in [4.69, 9.17) is 4.52 Å². The van der Waals surface area contributed by atoms with Crippen LogP contribution in [0.15, 0.2) is 10.6 Å². The van der Waals surface area contributed by atoms with Gasteiger partial charge in [0, 0.05) is 12.1 Å². The van der Waals surface area contributed by atoms with Gasteiger partial charge in [-0.05, 0) is 19.8 Å². The number of carbonyl (C=O) groups is 2. The summed E-state index contributed by atoms with van der Waals surface area (Å²) >= 11 is 0. The molecule has 1 aromatic heterocycles. The third-order valence-electron chi connectivity index (χ3n) is 3.51. The Bertz CT molecular complexity index is 469. The van der Waals surface area contributed by atoms with Crippen molar-refractivity contribution in [3.05, 3.63) is 17.5 Å². The number of hydrogen-bond donors (Lipinski definition) is 2. The molecule has 0 bridgehead atoms. The summed E-state index contributed by atoms with van der Waals surface area (Å²) in [5.74, 6) is -1.17. The van der Waals surface area contributed by atoms with E-state index in [1.807, 2.05) is 0 Å². The number of nitrogens with one attached hydrogen (secondary N) is 1. The Balaban J connectivity index is 2.06. The van der Waals surface area contributed by atoms with Crippen LogP contribution in [0.3, 0.4) is 0 Å². The highest BCUT2D eigenvalue weighted by Crippen LogP contribution is 2.24. The second kappa shape index (κ2) is 5.86. The molecule has 19 heavy (non-hydrogen) atoms. The first-order valence-electron chi connectivity index (χ1n) is 6.55. The number of carboxylic acid groups (broad SMARTS) is 1. The number of carboxylic acids is 1. The fourth-order valence-corrected chi connectivity index (χ4v) is 2.49. The standard InChI is InChI=1S/C13H18N2O4/c1-8-7-11(15-19-8)12(16)14-10-6-4-2-3-5-9(10)13(17)18/h7,9-10H,2-6H2,1H3,(H,14,16)(H,17,18). The lowest BCUT2D eigenvalue weighted by molar-refractivity contribution is -0.142. The molecule has 2 unspecified atom stereocenters. The zero-order chi connectivity index (χ0) is 13.8. The fourth-order valence-electron chi connectivity index (χ4n) is 2.49. The van der Waals surface area contributed by atoms with Crippen molar-refractivity contribution in [1.29, 1.82) is 0 Å². The van der Waals surface area contributed by atoms with Gasteiger partial charge in [0.05, 0.1) is 5.92 Å². The van der Waals surface area contributed by atoms with Gasteiger partial charge in [-0.25, -0.2) is 0 Å². The van der Waals surface area contributed by atoms with Crippen molar-refractivity contribution in [1.82, 2.24) is 10.5 Å². The molecular formula is C13H18N2O4. The Morgan fingerprint density at radius 2 is 2.11 bits per heavy atom. The van der Waals surface area contributed by atoms with Crippen molar-refractivity contribution < 1.29 is 19.2 Å². The van der Waals surface area contributed by atoms with Crippen molar-refractivity contribution in [2.45, 2.75) is 45.1 Å². The molecule has 6 nitrogen and oxygen atoms in total. The van der Waals surface area contributed by atoms with Gasteiger partial charge in [0.25, 0.3) is 5.91 Å². The summed E-state index contributed by atoms with van der Waals surface area (Å²) < 4.78 is 4.85. The average molecular weight is 266 g/mol. The Hall–Kier alpha value is -1.85. The first-order valence-corrected chi connectivity index (χ1v) is 6.55. The molecule has 0 saturated heterocycles. The van der Waals surface area contributed by atoms with Crippen LogP contribution in [0.4, 0.5) is 0 Å². The van der Waals surface area contributed by atoms with E-state index in [2.05, 4.69) is 10.5 Å². The number of nitrogens with zero attached hydrogens (tertiary/aromatic N) is 1. The minimum absolute atomic E-state index is 0.200. The average Bonchev–Trinajstić information content (AvgIpc) is 2.65. The quantitative estimate of drug-likeness (QED) is 0.813. The maximum atomic E-state index is 12.0. The van der Waals surface area contributed by atoms with Crippen LogP contribution in [0.5, 0.6) is 0 Å². The third-order valence-corrected chi connectivity index (χ3v) is 3.51. The molecule has 6 heteroatoms. The summed E-state index contributed by atoms with van der Waals surface area (Å²) in [6.07, 6.45) is 4.15. The van der Waals surface area contributed by atoms with Crippen molar-refractivity contribution in [2.24, 2.45) is 5.92 Å². The topological polar surface area (TPSA) is 92.4 Å². The Kier molecular flexibility index (Phi) is 4.19. The highest BCUT2D eigenvalue weighted by Gasteiger charge is 2.31. The van der Waals surface area contributed by atoms with Crippen LogP contribution in [0.2, 0.25) is 0 Å². The van der Waals surface area contributed by atoms with Crippen LogP contribution in [0, 0.1) is 12.8 Å². The van der Waals surface area contributed by atoms with Gasteiger partial charge in [-0.1, -0.05) is 24.4 Å². The van der Waals surface area contributed by atoms with Crippen molar-refractivity contribution in [2.75, 3.05) is 0 Å². The second-order valence-electron chi connectivity index (χ2n) is 4.99. The molecule has 0 aliphatic heterocycles. The predicted molar refractivity (Wildman–Crippen MR) is 66.7 cm³/mol. The third kappa shape index (κ3) is 3.33. The SMILES string of the molecule is Cc1cc(C(=O)NC2CCCCCC2C(=O)O)no1. The van der Waals surface area contributed by atoms with Crippen LogP contribution >= 0.6 is 0 Å². The molecule has 1 saturated carbocycles. The van der Waals surface area contributed by atoms with Gasteiger partial charge in [0.1, 0.15) is 5.76 Å². The van der Waals surface area contributed by atoms with Gasteiger partial charge >= 0.3 is 5.97 Å². The van der Waals surface area contributed by atoms with Gasteiger partial charge in [-0.3, -0.25) is 9.59 Å². The first-order chi connectivity index (χ1) is 9.08. The van der Waals surface area contributed by atoms with Crippen molar-refractivity contribution >= 4 is 11.9 Å². The molecule has 1 aromatic rings. The van der Waals surface area contributed by atoms with Crippen LogP contribution in [-0.2, 0) is 4.79 Å². The molecule has 1 aliphatic rings. The Morgan fingerprint density at radius 1 is 1.37 bits per heavy atom. The number of aromatic nitrogens is 1. The molecule has 1 amide bonds. The molecule has 104 valence electrons. The summed E-state index contributed by atoms with van der Waals surface area (Å²) in [6.45, 7) is 1.70. The molecular weight excluding hydrogens is 248 g/mol. The summed E-state index contributed by atoms with van der Waals surface area (Å²) in [4.78, 5) is 23.2. The summed E-state index contributed by atoms with van der Waals surface area (Å²) in [7, 11) is 0. The van der Waals surface area contributed by atoms with Gasteiger partial charge in [0.2, 0.25) is 0 Å². The van der Waals surface area contributed by atoms with E-state index in [-0.39, 0.29) is 17.6 Å². The number of hydrogen-bond acceptors (Lipinski definition) is 4. The number of carbonyl (C=O) groups excluding carboxylic acids is 1. The van der Waals surface area contributed by atoms with Gasteiger partial charge in [0.15, 0.2) is 5.69 Å². The highest BCUT2D eigenvalue weighted by atomic mass is 16.5. The molecule has 1 aliphatic carbocycles. The Morgan fingerprint density at radius 3 is 2.74 bits per heavy atom. The first kappa shape index (κ1) is 13.6. The van der Waals surface area contributed by atoms with Gasteiger partial charge in [-0.15, -0.1) is 0 Å². The normalized spacial score (nSPS) is 23.6. The Labute approximate surface area is 111 Å². The largest absolute Gasteiger partial charge is 0.481 e. The summed E-state index contributed by atoms with van der Waals surface area (Å²) in [5.41, 5.74) is 0.200. The molecule has 2 N–H and O–H groups in total. The minimum atomic E-state index is -0.844. The van der Waals surface area contributed by atoms with Crippen molar-refractivity contribution in [3.63, 3.8) is 0 Å². The number of rotatable bonds is 3. The van der Waals surface area contributed by atoms with E-state index < -0.39 is 11.9 Å². The van der Waals surface area contributed by atoms with E-state index in [9.17, 15) is 14.7 Å². The molecule has 1 fully saturated rings. The lowest BCUT2D eigenvalue weighted by atomic mass is 9.95. The van der Waals surface area contributed by atoms with Crippen LogP contribution in [0.25, 0.3) is 0 Å². The van der Waals surface area contributed by atoms with Crippen LogP contribution < -0.4 is 5.32 Å². The molecule has 2 atom stereocenters. The van der Waals surface area contributed by atoms with Crippen molar-refractivity contribution in [3.8, 4) is 0 Å². The second-order valence-corrected chi connectivity index (χ2v) is 4.99. The monoisotopic (exact) mass is 266 g/mol. The number of amides is 1. The fraction of sp³-hybridized carbons (Fsp3) is 0.615. The van der Waals surface area contributed by atoms with E-state index in [1.54, 1.807) is 13.0 Å².